The van der Waals surface area contributed by atoms with Gasteiger partial charge in [-0.25, -0.2) is 29.5 Å². The molecule has 64 heavy (non-hydrogen) atoms. The molecule has 0 radical (unpaired) electrons. The maximum Gasteiger partial charge on any atom is 0.410 e. The first-order valence-corrected chi connectivity index (χ1v) is 23.6. The van der Waals surface area contributed by atoms with E-state index in [4.69, 9.17) is 40.5 Å². The van der Waals surface area contributed by atoms with Crippen LogP contribution in [0.4, 0.5) is 21.2 Å². The first-order valence-electron chi connectivity index (χ1n) is 21.7. The van der Waals surface area contributed by atoms with E-state index in [9.17, 15) is 14.1 Å². The molecule has 8 heterocycles. The van der Waals surface area contributed by atoms with Crippen LogP contribution < -0.4 is 19.3 Å². The van der Waals surface area contributed by atoms with Gasteiger partial charge in [-0.1, -0.05) is 11.6 Å². The van der Waals surface area contributed by atoms with Crippen LogP contribution >= 0.6 is 11.6 Å². The standard InChI is InChI=1S/C27H30ClN5O4.C18H23N5O3S/c1-27(2,3)37-26(34)33-13-17-10-18(33)12-32(17)23-9-7-21-24(31-23)25(30-15-29-21)36-19-6-8-22(20(28)11-19)35-14-16-4-5-16;1-18(2,3)26-17(24)23-9-11-7-12(23)8-22(11)14-6-5-13-15(21-14)16(27(4)25)20-10-19-13/h6-9,11,15-18H,4-5,10,12-14H2,1-3H3;5-6,10-12H,7-9H2,1-4H3/t17-,18-;11-,12-,27?/m00/s1. The van der Waals surface area contributed by atoms with Crippen molar-refractivity contribution < 1.29 is 33.1 Å². The van der Waals surface area contributed by atoms with Gasteiger partial charge in [-0.3, -0.25) is 0 Å². The Hall–Kier alpha value is -5.46. The lowest BCUT2D eigenvalue weighted by atomic mass is 10.2. The van der Waals surface area contributed by atoms with Crippen LogP contribution in [-0.4, -0.2) is 131 Å². The number of hydrogen-bond acceptors (Lipinski definition) is 15. The Morgan fingerprint density at radius 3 is 1.78 bits per heavy atom. The number of anilines is 2. The minimum atomic E-state index is -1.24. The quantitative estimate of drug-likeness (QED) is 0.111. The molecule has 1 aliphatic carbocycles. The minimum Gasteiger partial charge on any atom is -0.610 e. The van der Waals surface area contributed by atoms with Gasteiger partial charge < -0.3 is 43.1 Å². The smallest absolute Gasteiger partial charge is 0.410 e. The fourth-order valence-electron chi connectivity index (χ4n) is 8.67. The predicted molar refractivity (Wildman–Crippen MR) is 242 cm³/mol. The third kappa shape index (κ3) is 9.49. The van der Waals surface area contributed by atoms with Crippen LogP contribution in [-0.2, 0) is 20.6 Å². The SMILES string of the molecule is CC(C)(C)OC(=O)N1C[C@@H]2C[C@H]1CN2c1ccc2ncnc(Oc3ccc(OCC4CC4)c(Cl)c3)c2n1.C[S+]([O-])c1ncnc2ccc(N3C[C@@H]4C[C@H]3CN4C(=O)OC(C)(C)C)nc12. The molecule has 0 N–H and O–H groups in total. The number of amides is 2. The molecule has 4 saturated heterocycles. The van der Waals surface area contributed by atoms with Crippen molar-refractivity contribution in [2.75, 3.05) is 48.8 Å². The van der Waals surface area contributed by atoms with E-state index < -0.39 is 22.4 Å². The fraction of sp³-hybridized carbons (Fsp3) is 0.511. The van der Waals surface area contributed by atoms with E-state index in [1.54, 1.807) is 12.3 Å². The van der Waals surface area contributed by atoms with Gasteiger partial charge in [-0.05, 0) is 110 Å². The summed E-state index contributed by atoms with van der Waals surface area (Å²) in [6, 6.07) is 13.7. The number of halogens is 1. The lowest BCUT2D eigenvalue weighted by molar-refractivity contribution is 0.0204. The Bertz CT molecular complexity index is 2570. The van der Waals surface area contributed by atoms with Crippen molar-refractivity contribution in [2.45, 2.75) is 108 Å². The summed E-state index contributed by atoms with van der Waals surface area (Å²) in [5.74, 6) is 3.81. The Morgan fingerprint density at radius 1 is 0.734 bits per heavy atom. The second kappa shape index (κ2) is 17.2. The topological polar surface area (TPSA) is 184 Å². The Kier molecular flexibility index (Phi) is 11.7. The lowest BCUT2D eigenvalue weighted by Crippen LogP contribution is -2.50. The molecular weight excluding hydrogens is 860 g/mol. The number of fused-ring (bicyclic) bond motifs is 6. The van der Waals surface area contributed by atoms with Crippen molar-refractivity contribution in [3.05, 3.63) is 60.1 Å². The summed E-state index contributed by atoms with van der Waals surface area (Å²) in [4.78, 5) is 59.8. The largest absolute Gasteiger partial charge is 0.610 e. The van der Waals surface area contributed by atoms with Crippen molar-refractivity contribution >= 4 is 68.7 Å². The van der Waals surface area contributed by atoms with Gasteiger partial charge in [0.2, 0.25) is 5.88 Å². The van der Waals surface area contributed by atoms with Gasteiger partial charge in [-0.15, -0.1) is 0 Å². The second-order valence-corrected chi connectivity index (χ2v) is 20.7. The van der Waals surface area contributed by atoms with Gasteiger partial charge in [-0.2, -0.15) is 9.97 Å². The molecule has 338 valence electrons. The molecule has 1 saturated carbocycles. The molecule has 5 fully saturated rings. The van der Waals surface area contributed by atoms with Gasteiger partial charge >= 0.3 is 12.2 Å². The number of carbonyl (C=O) groups excluding carboxylic acids is 2. The molecule has 1 unspecified atom stereocenters. The number of ether oxygens (including phenoxy) is 4. The summed E-state index contributed by atoms with van der Waals surface area (Å²) in [7, 11) is 0. The normalized spacial score (nSPS) is 21.9. The zero-order valence-corrected chi connectivity index (χ0v) is 38.6. The molecule has 4 bridgehead atoms. The average Bonchev–Trinajstić information content (AvgIpc) is 3.53. The van der Waals surface area contributed by atoms with E-state index in [0.29, 0.717) is 88.2 Å². The highest BCUT2D eigenvalue weighted by atomic mass is 35.5. The highest BCUT2D eigenvalue weighted by molar-refractivity contribution is 7.90. The van der Waals surface area contributed by atoms with Crippen LogP contribution in [0, 0.1) is 5.92 Å². The third-order valence-corrected chi connectivity index (χ3v) is 12.9. The molecule has 17 nitrogen and oxygen atoms in total. The van der Waals surface area contributed by atoms with Crippen LogP contribution in [0.25, 0.3) is 22.1 Å². The monoisotopic (exact) mass is 912 g/mol. The number of nitrogens with zero attached hydrogens (tertiary/aromatic N) is 10. The maximum absolute atomic E-state index is 12.6. The molecule has 5 atom stereocenters. The summed E-state index contributed by atoms with van der Waals surface area (Å²) in [6.45, 7) is 14.6. The summed E-state index contributed by atoms with van der Waals surface area (Å²) >= 11 is 5.20. The van der Waals surface area contributed by atoms with E-state index >= 15 is 0 Å². The number of piperazine rings is 2. The Labute approximate surface area is 380 Å². The van der Waals surface area contributed by atoms with E-state index in [1.807, 2.05) is 87.7 Å². The molecule has 5 aliphatic rings. The first-order chi connectivity index (χ1) is 30.5. The zero-order chi connectivity index (χ0) is 45.1. The molecular formula is C45H53ClN10O7S. The molecule has 5 aromatic rings. The molecule has 19 heteroatoms. The molecule has 0 spiro atoms. The highest BCUT2D eigenvalue weighted by Crippen LogP contribution is 2.39. The van der Waals surface area contributed by atoms with Crippen LogP contribution in [0.3, 0.4) is 0 Å². The van der Waals surface area contributed by atoms with Crippen molar-refractivity contribution in [3.8, 4) is 17.4 Å². The second-order valence-electron chi connectivity index (χ2n) is 19.0. The Morgan fingerprint density at radius 2 is 1.28 bits per heavy atom. The number of carbonyl (C=O) groups is 2. The summed E-state index contributed by atoms with van der Waals surface area (Å²) in [5.41, 5.74) is 1.50. The molecule has 10 rings (SSSR count). The van der Waals surface area contributed by atoms with Crippen LogP contribution in [0.15, 0.2) is 60.1 Å². The summed E-state index contributed by atoms with van der Waals surface area (Å²) in [5, 5.41) is 0.939. The van der Waals surface area contributed by atoms with Crippen LogP contribution in [0.5, 0.6) is 17.4 Å². The van der Waals surface area contributed by atoms with Crippen LogP contribution in [0.2, 0.25) is 5.02 Å². The maximum atomic E-state index is 12.6. The molecule has 4 aromatic heterocycles. The van der Waals surface area contributed by atoms with Gasteiger partial charge in [0.1, 0.15) is 53.2 Å². The van der Waals surface area contributed by atoms with Crippen LogP contribution in [0.1, 0.15) is 67.2 Å². The van der Waals surface area contributed by atoms with Gasteiger partial charge in [0.25, 0.3) is 5.03 Å². The first kappa shape index (κ1) is 43.8. The van der Waals surface area contributed by atoms with E-state index in [-0.39, 0.29) is 36.4 Å². The Balaban J connectivity index is 0.000000170. The number of hydrogen-bond donors (Lipinski definition) is 0. The third-order valence-electron chi connectivity index (χ3n) is 11.8. The van der Waals surface area contributed by atoms with Gasteiger partial charge in [0.15, 0.2) is 11.0 Å². The molecule has 2 amide bonds. The number of aromatic nitrogens is 6. The zero-order valence-electron chi connectivity index (χ0n) is 37.1. The van der Waals surface area contributed by atoms with E-state index in [0.717, 1.165) is 24.5 Å². The lowest BCUT2D eigenvalue weighted by Gasteiger charge is -2.35. The van der Waals surface area contributed by atoms with Gasteiger partial charge in [0, 0.05) is 43.4 Å². The fourth-order valence-corrected chi connectivity index (χ4v) is 9.51. The predicted octanol–water partition coefficient (Wildman–Crippen LogP) is 7.42. The number of pyridine rings is 2. The van der Waals surface area contributed by atoms with E-state index in [2.05, 4.69) is 29.7 Å². The average molecular weight is 914 g/mol. The highest BCUT2D eigenvalue weighted by Gasteiger charge is 2.48. The minimum absolute atomic E-state index is 0.0999. The summed E-state index contributed by atoms with van der Waals surface area (Å²) in [6.07, 6.45) is 8.19. The molecule has 4 aliphatic heterocycles. The summed E-state index contributed by atoms with van der Waals surface area (Å²) < 4.78 is 35.0. The van der Waals surface area contributed by atoms with Crippen molar-refractivity contribution in [1.82, 2.24) is 39.7 Å². The number of benzene rings is 1. The van der Waals surface area contributed by atoms with Crippen molar-refractivity contribution in [3.63, 3.8) is 0 Å². The molecule has 1 aromatic carbocycles. The number of rotatable bonds is 8. The number of likely N-dealkylation sites (tertiary alicyclic amines) is 2. The van der Waals surface area contributed by atoms with E-state index in [1.165, 1.54) is 25.5 Å². The van der Waals surface area contributed by atoms with Gasteiger partial charge in [0.05, 0.1) is 46.8 Å². The van der Waals surface area contributed by atoms with Crippen molar-refractivity contribution in [2.24, 2.45) is 5.92 Å². The van der Waals surface area contributed by atoms with Crippen molar-refractivity contribution in [1.29, 1.82) is 0 Å².